The number of carbonyl (C=O) groups excluding carboxylic acids is 1. The van der Waals surface area contributed by atoms with E-state index in [4.69, 9.17) is 0 Å². The van der Waals surface area contributed by atoms with Crippen LogP contribution in [0.25, 0.3) is 0 Å². The van der Waals surface area contributed by atoms with Gasteiger partial charge in [-0.25, -0.2) is 9.97 Å². The molecule has 0 saturated carbocycles. The highest BCUT2D eigenvalue weighted by atomic mass is 16.1. The molecule has 0 spiro atoms. The third kappa shape index (κ3) is 4.06. The van der Waals surface area contributed by atoms with E-state index >= 15 is 0 Å². The Morgan fingerprint density at radius 3 is 2.19 bits per heavy atom. The molecule has 0 aliphatic rings. The fourth-order valence-corrected chi connectivity index (χ4v) is 2.70. The lowest BCUT2D eigenvalue weighted by molar-refractivity contribution is 0.102. The van der Waals surface area contributed by atoms with Crippen LogP contribution in [-0.4, -0.2) is 15.9 Å². The number of rotatable bonds is 4. The minimum atomic E-state index is -0.132. The summed E-state index contributed by atoms with van der Waals surface area (Å²) in [5, 5.41) is 6.13. The molecule has 1 amide bonds. The first kappa shape index (κ1) is 17.6. The number of aromatic nitrogens is 2. The molecule has 26 heavy (non-hydrogen) atoms. The second-order valence-corrected chi connectivity index (χ2v) is 6.38. The number of amides is 1. The summed E-state index contributed by atoms with van der Waals surface area (Å²) in [5.41, 5.74) is 6.30. The Morgan fingerprint density at radius 2 is 1.54 bits per heavy atom. The van der Waals surface area contributed by atoms with E-state index in [0.717, 1.165) is 33.9 Å². The summed E-state index contributed by atoms with van der Waals surface area (Å²) < 4.78 is 0. The topological polar surface area (TPSA) is 66.9 Å². The number of benzene rings is 2. The van der Waals surface area contributed by atoms with Crippen molar-refractivity contribution in [2.24, 2.45) is 0 Å². The SMILES string of the molecule is Cc1cc(C)nc(Nc2ccc(C(=O)Nc3cccc(C)c3C)cc2)n1. The number of nitrogens with zero attached hydrogens (tertiary/aromatic N) is 2. The summed E-state index contributed by atoms with van der Waals surface area (Å²) in [6, 6.07) is 15.1. The molecular formula is C21H22N4O. The van der Waals surface area contributed by atoms with Gasteiger partial charge in [0.1, 0.15) is 0 Å². The summed E-state index contributed by atoms with van der Waals surface area (Å²) in [6.07, 6.45) is 0. The van der Waals surface area contributed by atoms with Crippen molar-refractivity contribution in [2.75, 3.05) is 10.6 Å². The van der Waals surface area contributed by atoms with Crippen molar-refractivity contribution in [3.63, 3.8) is 0 Å². The highest BCUT2D eigenvalue weighted by Gasteiger charge is 2.09. The molecule has 2 N–H and O–H groups in total. The summed E-state index contributed by atoms with van der Waals surface area (Å²) >= 11 is 0. The lowest BCUT2D eigenvalue weighted by atomic mass is 10.1. The normalized spacial score (nSPS) is 10.5. The van der Waals surface area contributed by atoms with Crippen LogP contribution < -0.4 is 10.6 Å². The molecule has 2 aromatic carbocycles. The van der Waals surface area contributed by atoms with Gasteiger partial charge in [0.05, 0.1) is 0 Å². The zero-order valence-corrected chi connectivity index (χ0v) is 15.4. The van der Waals surface area contributed by atoms with Gasteiger partial charge in [0.25, 0.3) is 5.91 Å². The number of carbonyl (C=O) groups is 1. The van der Waals surface area contributed by atoms with Gasteiger partial charge in [-0.2, -0.15) is 0 Å². The maximum atomic E-state index is 12.5. The first-order chi connectivity index (χ1) is 12.4. The molecule has 3 rings (SSSR count). The minimum absolute atomic E-state index is 0.132. The monoisotopic (exact) mass is 346 g/mol. The van der Waals surface area contributed by atoms with Gasteiger partial charge >= 0.3 is 0 Å². The van der Waals surface area contributed by atoms with E-state index in [1.54, 1.807) is 12.1 Å². The maximum Gasteiger partial charge on any atom is 0.255 e. The van der Waals surface area contributed by atoms with Gasteiger partial charge in [0, 0.05) is 28.3 Å². The third-order valence-electron chi connectivity index (χ3n) is 4.24. The Morgan fingerprint density at radius 1 is 0.885 bits per heavy atom. The Bertz CT molecular complexity index is 928. The quantitative estimate of drug-likeness (QED) is 0.718. The van der Waals surface area contributed by atoms with Crippen molar-refractivity contribution in [3.8, 4) is 0 Å². The van der Waals surface area contributed by atoms with Crippen LogP contribution in [0.2, 0.25) is 0 Å². The molecule has 0 aliphatic heterocycles. The zero-order chi connectivity index (χ0) is 18.7. The molecule has 132 valence electrons. The molecule has 0 aliphatic carbocycles. The zero-order valence-electron chi connectivity index (χ0n) is 15.4. The van der Waals surface area contributed by atoms with Crippen LogP contribution in [0.1, 0.15) is 32.9 Å². The highest BCUT2D eigenvalue weighted by Crippen LogP contribution is 2.20. The molecule has 0 radical (unpaired) electrons. The predicted molar refractivity (Wildman–Crippen MR) is 105 cm³/mol. The second-order valence-electron chi connectivity index (χ2n) is 6.38. The van der Waals surface area contributed by atoms with E-state index in [0.29, 0.717) is 11.5 Å². The van der Waals surface area contributed by atoms with Gasteiger partial charge in [0.15, 0.2) is 0 Å². The number of nitrogens with one attached hydrogen (secondary N) is 2. The minimum Gasteiger partial charge on any atom is -0.324 e. The molecular weight excluding hydrogens is 324 g/mol. The summed E-state index contributed by atoms with van der Waals surface area (Å²) in [4.78, 5) is 21.2. The van der Waals surface area contributed by atoms with Crippen LogP contribution in [0.5, 0.6) is 0 Å². The molecule has 3 aromatic rings. The standard InChI is InChI=1S/C21H22N4O/c1-13-6-5-7-19(16(13)4)25-20(26)17-8-10-18(11-9-17)24-21-22-14(2)12-15(3)23-21/h5-12H,1-4H3,(H,25,26)(H,22,23,24). The van der Waals surface area contributed by atoms with Crippen molar-refractivity contribution in [1.82, 2.24) is 9.97 Å². The lowest BCUT2D eigenvalue weighted by Gasteiger charge is -2.11. The molecule has 1 aromatic heterocycles. The number of hydrogen-bond donors (Lipinski definition) is 2. The summed E-state index contributed by atoms with van der Waals surface area (Å²) in [6.45, 7) is 7.89. The van der Waals surface area contributed by atoms with Crippen molar-refractivity contribution >= 4 is 23.2 Å². The molecule has 0 fully saturated rings. The number of aryl methyl sites for hydroxylation is 3. The lowest BCUT2D eigenvalue weighted by Crippen LogP contribution is -2.13. The second kappa shape index (κ2) is 7.35. The Balaban J connectivity index is 1.72. The summed E-state index contributed by atoms with van der Waals surface area (Å²) in [7, 11) is 0. The average Bonchev–Trinajstić information content (AvgIpc) is 2.58. The van der Waals surface area contributed by atoms with Gasteiger partial charge in [-0.15, -0.1) is 0 Å². The largest absolute Gasteiger partial charge is 0.324 e. The van der Waals surface area contributed by atoms with Crippen molar-refractivity contribution < 1.29 is 4.79 Å². The van der Waals surface area contributed by atoms with E-state index in [2.05, 4.69) is 20.6 Å². The van der Waals surface area contributed by atoms with E-state index in [9.17, 15) is 4.79 Å². The van der Waals surface area contributed by atoms with E-state index in [-0.39, 0.29) is 5.91 Å². The predicted octanol–water partition coefficient (Wildman–Crippen LogP) is 4.71. The van der Waals surface area contributed by atoms with Crippen molar-refractivity contribution in [2.45, 2.75) is 27.7 Å². The van der Waals surface area contributed by atoms with Gasteiger partial charge in [0.2, 0.25) is 5.95 Å². The molecule has 1 heterocycles. The number of hydrogen-bond acceptors (Lipinski definition) is 4. The van der Waals surface area contributed by atoms with Crippen molar-refractivity contribution in [1.29, 1.82) is 0 Å². The fourth-order valence-electron chi connectivity index (χ4n) is 2.70. The van der Waals surface area contributed by atoms with E-state index in [1.165, 1.54) is 0 Å². The van der Waals surface area contributed by atoms with Crippen molar-refractivity contribution in [3.05, 3.63) is 76.6 Å². The molecule has 5 heteroatoms. The van der Waals surface area contributed by atoms with Crippen LogP contribution in [0.4, 0.5) is 17.3 Å². The van der Waals surface area contributed by atoms with Crippen LogP contribution in [0.15, 0.2) is 48.5 Å². The van der Waals surface area contributed by atoms with Gasteiger partial charge in [-0.1, -0.05) is 12.1 Å². The van der Waals surface area contributed by atoms with Crippen LogP contribution in [0, 0.1) is 27.7 Å². The third-order valence-corrected chi connectivity index (χ3v) is 4.24. The Hall–Kier alpha value is -3.21. The highest BCUT2D eigenvalue weighted by molar-refractivity contribution is 6.04. The first-order valence-electron chi connectivity index (χ1n) is 8.49. The molecule has 0 unspecified atom stereocenters. The molecule has 0 atom stereocenters. The van der Waals surface area contributed by atoms with Crippen LogP contribution in [-0.2, 0) is 0 Å². The van der Waals surface area contributed by atoms with E-state index in [1.807, 2.05) is 64.1 Å². The Kier molecular flexibility index (Phi) is 4.98. The Labute approximate surface area is 153 Å². The maximum absolute atomic E-state index is 12.5. The first-order valence-corrected chi connectivity index (χ1v) is 8.49. The number of anilines is 3. The smallest absolute Gasteiger partial charge is 0.255 e. The molecule has 0 bridgehead atoms. The average molecular weight is 346 g/mol. The fraction of sp³-hybridized carbons (Fsp3) is 0.190. The molecule has 5 nitrogen and oxygen atoms in total. The van der Waals surface area contributed by atoms with E-state index < -0.39 is 0 Å². The van der Waals surface area contributed by atoms with Gasteiger partial charge < -0.3 is 10.6 Å². The van der Waals surface area contributed by atoms with Crippen LogP contribution in [0.3, 0.4) is 0 Å². The summed E-state index contributed by atoms with van der Waals surface area (Å²) in [5.74, 6) is 0.419. The van der Waals surface area contributed by atoms with Crippen LogP contribution >= 0.6 is 0 Å². The van der Waals surface area contributed by atoms with Gasteiger partial charge in [-0.05, 0) is 75.2 Å². The molecule has 0 saturated heterocycles. The van der Waals surface area contributed by atoms with Gasteiger partial charge in [-0.3, -0.25) is 4.79 Å².